The average Bonchev–Trinajstić information content (AvgIpc) is 2.96. The van der Waals surface area contributed by atoms with Crippen molar-refractivity contribution in [1.29, 1.82) is 0 Å². The molecule has 24 heavy (non-hydrogen) atoms. The number of carbonyl (C=O) groups is 1. The van der Waals surface area contributed by atoms with Gasteiger partial charge >= 0.3 is 0 Å². The Morgan fingerprint density at radius 1 is 1.21 bits per heavy atom. The summed E-state index contributed by atoms with van der Waals surface area (Å²) in [6.07, 6.45) is 3.28. The van der Waals surface area contributed by atoms with E-state index in [4.69, 9.17) is 0 Å². The zero-order valence-corrected chi connectivity index (χ0v) is 14.1. The number of anilines is 1. The van der Waals surface area contributed by atoms with Crippen molar-refractivity contribution in [2.45, 2.75) is 18.8 Å². The van der Waals surface area contributed by atoms with E-state index in [1.807, 2.05) is 0 Å². The number of hydrogen-bond acceptors (Lipinski definition) is 5. The summed E-state index contributed by atoms with van der Waals surface area (Å²) in [5, 5.41) is 0. The Hall–Kier alpha value is -1.83. The number of likely N-dealkylation sites (tertiary alicyclic amines) is 1. The first-order chi connectivity index (χ1) is 11.3. The number of nitrogens with zero attached hydrogens (tertiary/aromatic N) is 5. The highest BCUT2D eigenvalue weighted by Crippen LogP contribution is 2.49. The van der Waals surface area contributed by atoms with Crippen LogP contribution in [0.15, 0.2) is 18.5 Å². The highest BCUT2D eigenvalue weighted by molar-refractivity contribution is 5.78. The zero-order chi connectivity index (χ0) is 17.4. The molecule has 1 unspecified atom stereocenters. The summed E-state index contributed by atoms with van der Waals surface area (Å²) in [4.78, 5) is 25.8. The van der Waals surface area contributed by atoms with Crippen molar-refractivity contribution >= 4 is 11.9 Å². The van der Waals surface area contributed by atoms with Gasteiger partial charge in [-0.05, 0) is 26.6 Å². The second kappa shape index (κ2) is 6.23. The highest BCUT2D eigenvalue weighted by atomic mass is 19.3. The zero-order valence-electron chi connectivity index (χ0n) is 14.1. The Morgan fingerprint density at radius 3 is 2.58 bits per heavy atom. The first kappa shape index (κ1) is 17.0. The van der Waals surface area contributed by atoms with Crippen LogP contribution < -0.4 is 4.90 Å². The molecule has 2 aliphatic rings. The molecule has 3 rings (SSSR count). The minimum Gasteiger partial charge on any atom is -0.341 e. The summed E-state index contributed by atoms with van der Waals surface area (Å²) < 4.78 is 29.5. The number of alkyl halides is 2. The lowest BCUT2D eigenvalue weighted by atomic mass is 9.75. The van der Waals surface area contributed by atoms with Crippen LogP contribution in [0.2, 0.25) is 0 Å². The summed E-state index contributed by atoms with van der Waals surface area (Å²) in [6, 6.07) is 1.70. The van der Waals surface area contributed by atoms with Gasteiger partial charge in [0.25, 0.3) is 5.92 Å². The normalized spacial score (nSPS) is 26.4. The van der Waals surface area contributed by atoms with E-state index in [9.17, 15) is 13.6 Å². The Bertz CT molecular complexity index is 597. The van der Waals surface area contributed by atoms with Crippen LogP contribution in [0.25, 0.3) is 0 Å². The molecular formula is C16H23F2N5O. The van der Waals surface area contributed by atoms with Crippen LogP contribution in [0.5, 0.6) is 0 Å². The quantitative estimate of drug-likeness (QED) is 0.826. The van der Waals surface area contributed by atoms with E-state index in [0.29, 0.717) is 18.9 Å². The highest BCUT2D eigenvalue weighted by Gasteiger charge is 2.60. The van der Waals surface area contributed by atoms with Crippen molar-refractivity contribution < 1.29 is 13.6 Å². The standard InChI is InChI=1S/C16H23F2N5O/c1-21(2)10-13(24)22-9-5-16(17,18)15(11-22)4-8-23(12-15)14-19-6-3-7-20-14/h3,6-7H,4-5,8-12H2,1-2H3. The van der Waals surface area contributed by atoms with E-state index in [0.717, 1.165) is 0 Å². The van der Waals surface area contributed by atoms with Gasteiger partial charge in [-0.3, -0.25) is 4.79 Å². The minimum atomic E-state index is -2.79. The molecule has 0 saturated carbocycles. The third kappa shape index (κ3) is 3.07. The van der Waals surface area contributed by atoms with E-state index in [1.54, 1.807) is 47.3 Å². The molecule has 0 radical (unpaired) electrons. The maximum atomic E-state index is 14.7. The van der Waals surface area contributed by atoms with Gasteiger partial charge in [-0.2, -0.15) is 0 Å². The minimum absolute atomic E-state index is 0.0933. The molecular weight excluding hydrogens is 316 g/mol. The number of amides is 1. The van der Waals surface area contributed by atoms with Gasteiger partial charge < -0.3 is 14.7 Å². The molecule has 0 aromatic carbocycles. The van der Waals surface area contributed by atoms with Gasteiger partial charge in [-0.1, -0.05) is 0 Å². The largest absolute Gasteiger partial charge is 0.341 e. The van der Waals surface area contributed by atoms with Gasteiger partial charge in [0, 0.05) is 45.0 Å². The van der Waals surface area contributed by atoms with Crippen molar-refractivity contribution in [3.8, 4) is 0 Å². The number of rotatable bonds is 3. The first-order valence-corrected chi connectivity index (χ1v) is 8.15. The van der Waals surface area contributed by atoms with Crippen LogP contribution in [-0.4, -0.2) is 78.4 Å². The van der Waals surface area contributed by atoms with Crippen molar-refractivity contribution in [3.63, 3.8) is 0 Å². The van der Waals surface area contributed by atoms with Crippen LogP contribution in [0.4, 0.5) is 14.7 Å². The molecule has 1 aromatic rings. The fourth-order valence-electron chi connectivity index (χ4n) is 3.61. The molecule has 1 spiro atoms. The van der Waals surface area contributed by atoms with Crippen molar-refractivity contribution in [1.82, 2.24) is 19.8 Å². The summed E-state index contributed by atoms with van der Waals surface area (Å²) in [5.74, 6) is -2.41. The number of hydrogen-bond donors (Lipinski definition) is 0. The molecule has 6 nitrogen and oxygen atoms in total. The van der Waals surface area contributed by atoms with E-state index in [1.165, 1.54) is 0 Å². The summed E-state index contributed by atoms with van der Waals surface area (Å²) in [7, 11) is 3.60. The Morgan fingerprint density at radius 2 is 1.92 bits per heavy atom. The molecule has 1 aromatic heterocycles. The van der Waals surface area contributed by atoms with Gasteiger partial charge in [-0.25, -0.2) is 18.7 Å². The Labute approximate surface area is 140 Å². The molecule has 2 saturated heterocycles. The molecule has 132 valence electrons. The van der Waals surface area contributed by atoms with Crippen molar-refractivity contribution in [2.24, 2.45) is 5.41 Å². The number of carbonyl (C=O) groups excluding carboxylic acids is 1. The number of piperidine rings is 1. The SMILES string of the molecule is CN(C)CC(=O)N1CCC(F)(F)C2(CCN(c3ncccn3)C2)C1. The third-order valence-electron chi connectivity index (χ3n) is 4.96. The second-order valence-corrected chi connectivity index (χ2v) is 7.01. The van der Waals surface area contributed by atoms with Crippen molar-refractivity contribution in [3.05, 3.63) is 18.5 Å². The predicted molar refractivity (Wildman–Crippen MR) is 86.0 cm³/mol. The maximum absolute atomic E-state index is 14.7. The van der Waals surface area contributed by atoms with Gasteiger partial charge in [0.1, 0.15) is 0 Å². The van der Waals surface area contributed by atoms with E-state index >= 15 is 0 Å². The molecule has 1 amide bonds. The number of likely N-dealkylation sites (N-methyl/N-ethyl adjacent to an activating group) is 1. The molecule has 2 fully saturated rings. The number of aromatic nitrogens is 2. The third-order valence-corrected chi connectivity index (χ3v) is 4.96. The smallest absolute Gasteiger partial charge is 0.258 e. The fraction of sp³-hybridized carbons (Fsp3) is 0.688. The Balaban J connectivity index is 1.78. The summed E-state index contributed by atoms with van der Waals surface area (Å²) in [6.45, 7) is 1.11. The molecule has 8 heteroatoms. The van der Waals surface area contributed by atoms with Crippen LogP contribution in [0.1, 0.15) is 12.8 Å². The van der Waals surface area contributed by atoms with Crippen LogP contribution in [-0.2, 0) is 4.79 Å². The average molecular weight is 339 g/mol. The maximum Gasteiger partial charge on any atom is 0.258 e. The molecule has 0 N–H and O–H groups in total. The molecule has 1 atom stereocenters. The molecule has 3 heterocycles. The fourth-order valence-corrected chi connectivity index (χ4v) is 3.61. The lowest BCUT2D eigenvalue weighted by Crippen LogP contribution is -2.59. The molecule has 2 aliphatic heterocycles. The van der Waals surface area contributed by atoms with E-state index in [2.05, 4.69) is 9.97 Å². The van der Waals surface area contributed by atoms with E-state index in [-0.39, 0.29) is 38.5 Å². The Kier molecular flexibility index (Phi) is 4.42. The lowest BCUT2D eigenvalue weighted by molar-refractivity contribution is -0.169. The van der Waals surface area contributed by atoms with Gasteiger partial charge in [0.05, 0.1) is 12.0 Å². The first-order valence-electron chi connectivity index (χ1n) is 8.15. The molecule has 0 aliphatic carbocycles. The van der Waals surface area contributed by atoms with Crippen LogP contribution in [0, 0.1) is 5.41 Å². The summed E-state index contributed by atoms with van der Waals surface area (Å²) in [5.41, 5.74) is -1.22. The van der Waals surface area contributed by atoms with Crippen molar-refractivity contribution in [2.75, 3.05) is 51.7 Å². The van der Waals surface area contributed by atoms with Gasteiger partial charge in [-0.15, -0.1) is 0 Å². The molecule has 0 bridgehead atoms. The summed E-state index contributed by atoms with van der Waals surface area (Å²) >= 11 is 0. The van der Waals surface area contributed by atoms with Gasteiger partial charge in [0.2, 0.25) is 11.9 Å². The van der Waals surface area contributed by atoms with Gasteiger partial charge in [0.15, 0.2) is 0 Å². The monoisotopic (exact) mass is 339 g/mol. The van der Waals surface area contributed by atoms with Crippen LogP contribution >= 0.6 is 0 Å². The lowest BCUT2D eigenvalue weighted by Gasteiger charge is -2.46. The number of halogens is 2. The van der Waals surface area contributed by atoms with Crippen LogP contribution in [0.3, 0.4) is 0 Å². The topological polar surface area (TPSA) is 52.6 Å². The second-order valence-electron chi connectivity index (χ2n) is 7.01. The predicted octanol–water partition coefficient (Wildman–Crippen LogP) is 1.10. The van der Waals surface area contributed by atoms with E-state index < -0.39 is 11.3 Å².